The zero-order valence-corrected chi connectivity index (χ0v) is 7.91. The molecule has 0 aliphatic carbocycles. The highest BCUT2D eigenvalue weighted by atomic mass is 14.7. The van der Waals surface area contributed by atoms with Crippen molar-refractivity contribution in [2.45, 2.75) is 26.8 Å². The normalized spacial score (nSPS) is 13.4. The fourth-order valence-corrected chi connectivity index (χ4v) is 1.06. The smallest absolute Gasteiger partial charge is 0.0372 e. The van der Waals surface area contributed by atoms with Gasteiger partial charge in [-0.1, -0.05) is 19.9 Å². The van der Waals surface area contributed by atoms with Crippen molar-refractivity contribution >= 4 is 0 Å². The number of aromatic nitrogens is 1. The molecule has 0 saturated heterocycles. The number of pyridine rings is 1. The summed E-state index contributed by atoms with van der Waals surface area (Å²) in [6.07, 6.45) is 1.86. The van der Waals surface area contributed by atoms with Gasteiger partial charge in [-0.3, -0.25) is 4.98 Å². The Kier molecular flexibility index (Phi) is 2.82. The molecule has 0 aliphatic rings. The third-order valence-corrected chi connectivity index (χ3v) is 2.04. The van der Waals surface area contributed by atoms with Crippen molar-refractivity contribution in [3.63, 3.8) is 0 Å². The Bertz CT molecular complexity index is 239. The average Bonchev–Trinajstić information content (AvgIpc) is 2.04. The number of nitrogens with zero attached hydrogens (tertiary/aromatic N) is 1. The Labute approximate surface area is 73.8 Å². The van der Waals surface area contributed by atoms with Crippen LogP contribution in [0.4, 0.5) is 0 Å². The molecule has 1 aromatic rings. The van der Waals surface area contributed by atoms with Crippen LogP contribution in [-0.4, -0.2) is 4.98 Å². The molecule has 2 N–H and O–H groups in total. The Balaban J connectivity index is 2.82. The number of hydrogen-bond donors (Lipinski definition) is 1. The summed E-state index contributed by atoms with van der Waals surface area (Å²) in [5, 5.41) is 0. The van der Waals surface area contributed by atoms with Crippen molar-refractivity contribution in [3.05, 3.63) is 29.6 Å². The number of aryl methyl sites for hydroxylation is 1. The summed E-state index contributed by atoms with van der Waals surface area (Å²) < 4.78 is 0. The van der Waals surface area contributed by atoms with E-state index in [1.165, 1.54) is 0 Å². The molecule has 1 rings (SSSR count). The van der Waals surface area contributed by atoms with E-state index in [-0.39, 0.29) is 6.04 Å². The van der Waals surface area contributed by atoms with Crippen LogP contribution in [0.2, 0.25) is 0 Å². The van der Waals surface area contributed by atoms with Gasteiger partial charge in [-0.15, -0.1) is 0 Å². The first-order valence-electron chi connectivity index (χ1n) is 4.29. The van der Waals surface area contributed by atoms with Crippen LogP contribution in [-0.2, 0) is 0 Å². The maximum atomic E-state index is 5.95. The molecule has 0 amide bonds. The minimum Gasteiger partial charge on any atom is -0.324 e. The summed E-state index contributed by atoms with van der Waals surface area (Å²) >= 11 is 0. The van der Waals surface area contributed by atoms with Crippen molar-refractivity contribution in [1.29, 1.82) is 0 Å². The highest BCUT2D eigenvalue weighted by Gasteiger charge is 2.09. The molecule has 0 aliphatic heterocycles. The van der Waals surface area contributed by atoms with Crippen LogP contribution >= 0.6 is 0 Å². The standard InChI is InChI=1S/C10H16N2/c1-7(2)10(11)9-5-4-8(3)12-6-9/h4-7,10H,11H2,1-3H3/t10-/m0/s1. The van der Waals surface area contributed by atoms with Crippen LogP contribution in [0.1, 0.15) is 31.1 Å². The molecule has 0 bridgehead atoms. The molecule has 0 unspecified atom stereocenters. The SMILES string of the molecule is Cc1ccc([C@@H](N)C(C)C)cn1. The van der Waals surface area contributed by atoms with Gasteiger partial charge in [0.15, 0.2) is 0 Å². The van der Waals surface area contributed by atoms with E-state index in [9.17, 15) is 0 Å². The topological polar surface area (TPSA) is 38.9 Å². The lowest BCUT2D eigenvalue weighted by molar-refractivity contribution is 0.513. The van der Waals surface area contributed by atoms with E-state index in [1.54, 1.807) is 0 Å². The summed E-state index contributed by atoms with van der Waals surface area (Å²) in [5.41, 5.74) is 8.11. The van der Waals surface area contributed by atoms with Crippen molar-refractivity contribution in [3.8, 4) is 0 Å². The predicted octanol–water partition coefficient (Wildman–Crippen LogP) is 2.05. The summed E-state index contributed by atoms with van der Waals surface area (Å²) in [6.45, 7) is 6.21. The first-order valence-corrected chi connectivity index (χ1v) is 4.29. The molecule has 1 aromatic heterocycles. The summed E-state index contributed by atoms with van der Waals surface area (Å²) in [5.74, 6) is 0.467. The van der Waals surface area contributed by atoms with E-state index in [0.717, 1.165) is 11.3 Å². The van der Waals surface area contributed by atoms with E-state index >= 15 is 0 Å². The lowest BCUT2D eigenvalue weighted by Gasteiger charge is -2.15. The van der Waals surface area contributed by atoms with Gasteiger partial charge < -0.3 is 5.73 Å². The molecule has 2 nitrogen and oxygen atoms in total. The van der Waals surface area contributed by atoms with E-state index in [4.69, 9.17) is 5.73 Å². The van der Waals surface area contributed by atoms with Gasteiger partial charge in [-0.25, -0.2) is 0 Å². The van der Waals surface area contributed by atoms with E-state index < -0.39 is 0 Å². The van der Waals surface area contributed by atoms with Gasteiger partial charge in [0.1, 0.15) is 0 Å². The van der Waals surface area contributed by atoms with Crippen LogP contribution in [0.5, 0.6) is 0 Å². The first-order chi connectivity index (χ1) is 5.61. The molecule has 1 heterocycles. The van der Waals surface area contributed by atoms with Gasteiger partial charge in [0.05, 0.1) is 0 Å². The van der Waals surface area contributed by atoms with Gasteiger partial charge in [-0.2, -0.15) is 0 Å². The van der Waals surface area contributed by atoms with Crippen molar-refractivity contribution < 1.29 is 0 Å². The minimum atomic E-state index is 0.109. The second-order valence-corrected chi connectivity index (χ2v) is 3.50. The van der Waals surface area contributed by atoms with Crippen LogP contribution in [0, 0.1) is 12.8 Å². The summed E-state index contributed by atoms with van der Waals surface area (Å²) in [4.78, 5) is 4.20. The number of hydrogen-bond acceptors (Lipinski definition) is 2. The lowest BCUT2D eigenvalue weighted by Crippen LogP contribution is -2.16. The molecule has 0 fully saturated rings. The maximum Gasteiger partial charge on any atom is 0.0372 e. The van der Waals surface area contributed by atoms with Gasteiger partial charge in [0.2, 0.25) is 0 Å². The second-order valence-electron chi connectivity index (χ2n) is 3.50. The molecule has 2 heteroatoms. The van der Waals surface area contributed by atoms with Crippen LogP contribution < -0.4 is 5.73 Å². The summed E-state index contributed by atoms with van der Waals surface area (Å²) in [7, 11) is 0. The quantitative estimate of drug-likeness (QED) is 0.726. The highest BCUT2D eigenvalue weighted by Crippen LogP contribution is 2.17. The van der Waals surface area contributed by atoms with Crippen LogP contribution in [0.25, 0.3) is 0 Å². The Hall–Kier alpha value is -0.890. The second kappa shape index (κ2) is 3.68. The van der Waals surface area contributed by atoms with Gasteiger partial charge >= 0.3 is 0 Å². The predicted molar refractivity (Wildman–Crippen MR) is 50.7 cm³/mol. The molecule has 0 saturated carbocycles. The fourth-order valence-electron chi connectivity index (χ4n) is 1.06. The Morgan fingerprint density at radius 2 is 2.00 bits per heavy atom. The summed E-state index contributed by atoms with van der Waals surface area (Å²) in [6, 6.07) is 4.16. The molecule has 0 radical (unpaired) electrons. The Morgan fingerprint density at radius 3 is 2.42 bits per heavy atom. The average molecular weight is 164 g/mol. The third kappa shape index (κ3) is 2.05. The maximum absolute atomic E-state index is 5.95. The molecule has 0 aromatic carbocycles. The molecule has 12 heavy (non-hydrogen) atoms. The molecular weight excluding hydrogens is 148 g/mol. The Morgan fingerprint density at radius 1 is 1.33 bits per heavy atom. The van der Waals surface area contributed by atoms with Crippen molar-refractivity contribution in [1.82, 2.24) is 4.98 Å². The number of rotatable bonds is 2. The third-order valence-electron chi connectivity index (χ3n) is 2.04. The fraction of sp³-hybridized carbons (Fsp3) is 0.500. The monoisotopic (exact) mass is 164 g/mol. The first kappa shape index (κ1) is 9.20. The molecular formula is C10H16N2. The lowest BCUT2D eigenvalue weighted by atomic mass is 9.98. The van der Waals surface area contributed by atoms with Crippen LogP contribution in [0.3, 0.4) is 0 Å². The van der Waals surface area contributed by atoms with Gasteiger partial charge in [-0.05, 0) is 24.5 Å². The van der Waals surface area contributed by atoms with Gasteiger partial charge in [0, 0.05) is 17.9 Å². The number of nitrogens with two attached hydrogens (primary N) is 1. The largest absolute Gasteiger partial charge is 0.324 e. The molecule has 66 valence electrons. The van der Waals surface area contributed by atoms with E-state index in [0.29, 0.717) is 5.92 Å². The molecule has 1 atom stereocenters. The van der Waals surface area contributed by atoms with Crippen molar-refractivity contribution in [2.75, 3.05) is 0 Å². The zero-order valence-electron chi connectivity index (χ0n) is 7.91. The van der Waals surface area contributed by atoms with Crippen molar-refractivity contribution in [2.24, 2.45) is 11.7 Å². The van der Waals surface area contributed by atoms with Crippen LogP contribution in [0.15, 0.2) is 18.3 Å². The molecule has 0 spiro atoms. The van der Waals surface area contributed by atoms with E-state index in [1.807, 2.05) is 25.3 Å². The zero-order chi connectivity index (χ0) is 9.14. The minimum absolute atomic E-state index is 0.109. The van der Waals surface area contributed by atoms with E-state index in [2.05, 4.69) is 18.8 Å². The van der Waals surface area contributed by atoms with Gasteiger partial charge in [0.25, 0.3) is 0 Å². The highest BCUT2D eigenvalue weighted by molar-refractivity contribution is 5.17.